The van der Waals surface area contributed by atoms with Crippen molar-refractivity contribution in [3.63, 3.8) is 0 Å². The van der Waals surface area contributed by atoms with Crippen LogP contribution in [0.25, 0.3) is 0 Å². The van der Waals surface area contributed by atoms with Crippen molar-refractivity contribution in [2.45, 2.75) is 6.92 Å². The number of rotatable bonds is 10. The van der Waals surface area contributed by atoms with Crippen LogP contribution in [0.15, 0.2) is 12.2 Å². The Morgan fingerprint density at radius 3 is 2.48 bits per heavy atom. The van der Waals surface area contributed by atoms with Gasteiger partial charge in [-0.05, 0) is 13.8 Å². The molecule has 0 fully saturated rings. The summed E-state index contributed by atoms with van der Waals surface area (Å²) in [6.45, 7) is 11.1. The van der Waals surface area contributed by atoms with Crippen molar-refractivity contribution >= 4 is 29.7 Å². The van der Waals surface area contributed by atoms with Crippen LogP contribution in [0.1, 0.15) is 6.92 Å². The molecule has 23 heavy (non-hydrogen) atoms. The summed E-state index contributed by atoms with van der Waals surface area (Å²) < 4.78 is 9.72. The SMILES string of the molecule is [CH]C(CSCCOC(=O)NCCOC(=O)C(=C)C)C(=O)N(C)C. The maximum atomic E-state index is 11.5. The van der Waals surface area contributed by atoms with Crippen molar-refractivity contribution in [1.29, 1.82) is 0 Å². The maximum absolute atomic E-state index is 11.5. The number of nitrogens with one attached hydrogen (secondary N) is 1. The number of esters is 1. The highest BCUT2D eigenvalue weighted by molar-refractivity contribution is 7.99. The van der Waals surface area contributed by atoms with Crippen LogP contribution in [0, 0.1) is 12.8 Å². The summed E-state index contributed by atoms with van der Waals surface area (Å²) in [4.78, 5) is 35.3. The fraction of sp³-hybridized carbons (Fsp3) is 0.600. The number of carbonyl (C=O) groups is 3. The number of nitrogens with zero attached hydrogens (tertiary/aromatic N) is 1. The third kappa shape index (κ3) is 10.6. The van der Waals surface area contributed by atoms with Gasteiger partial charge in [0, 0.05) is 31.2 Å². The number of amides is 2. The molecule has 2 radical (unpaired) electrons. The molecular weight excluding hydrogens is 320 g/mol. The molecule has 0 spiro atoms. The minimum atomic E-state index is -0.592. The standard InChI is InChI=1S/C15H24N2O5S/c1-11(2)14(19)21-7-6-16-15(20)22-8-9-23-10-12(3)13(18)17(4)5/h3,12H,1,6-10H2,2,4-5H3,(H,16,20). The molecule has 0 saturated heterocycles. The fourth-order valence-corrected chi connectivity index (χ4v) is 2.04. The Hall–Kier alpha value is -1.70. The smallest absolute Gasteiger partial charge is 0.407 e. The molecule has 1 N–H and O–H groups in total. The maximum Gasteiger partial charge on any atom is 0.407 e. The van der Waals surface area contributed by atoms with E-state index in [1.807, 2.05) is 0 Å². The van der Waals surface area contributed by atoms with Crippen LogP contribution in [0.4, 0.5) is 4.79 Å². The van der Waals surface area contributed by atoms with Gasteiger partial charge >= 0.3 is 12.1 Å². The van der Waals surface area contributed by atoms with E-state index in [-0.39, 0.29) is 25.7 Å². The molecule has 0 heterocycles. The molecule has 0 aliphatic rings. The predicted octanol–water partition coefficient (Wildman–Crippen LogP) is 0.981. The molecule has 0 aliphatic heterocycles. The monoisotopic (exact) mass is 344 g/mol. The van der Waals surface area contributed by atoms with Gasteiger partial charge in [-0.2, -0.15) is 11.8 Å². The number of hydrogen-bond donors (Lipinski definition) is 1. The summed E-state index contributed by atoms with van der Waals surface area (Å²) in [7, 11) is 3.29. The van der Waals surface area contributed by atoms with Crippen LogP contribution in [-0.2, 0) is 19.1 Å². The van der Waals surface area contributed by atoms with Crippen LogP contribution in [0.5, 0.6) is 0 Å². The zero-order chi connectivity index (χ0) is 17.8. The molecule has 0 rings (SSSR count). The van der Waals surface area contributed by atoms with Crippen molar-refractivity contribution < 1.29 is 23.9 Å². The van der Waals surface area contributed by atoms with Crippen molar-refractivity contribution in [2.24, 2.45) is 5.92 Å². The first-order chi connectivity index (χ1) is 10.8. The summed E-state index contributed by atoms with van der Waals surface area (Å²) in [5.41, 5.74) is 0.301. The summed E-state index contributed by atoms with van der Waals surface area (Å²) in [5, 5.41) is 2.45. The van der Waals surface area contributed by atoms with Crippen LogP contribution in [0.2, 0.25) is 0 Å². The molecule has 0 aliphatic carbocycles. The van der Waals surface area contributed by atoms with Crippen molar-refractivity contribution in [2.75, 3.05) is 45.4 Å². The highest BCUT2D eigenvalue weighted by Gasteiger charge is 2.14. The quantitative estimate of drug-likeness (QED) is 0.361. The van der Waals surface area contributed by atoms with E-state index >= 15 is 0 Å². The summed E-state index contributed by atoms with van der Waals surface area (Å²) in [5.74, 6) is -0.210. The molecule has 0 saturated carbocycles. The molecule has 0 aromatic carbocycles. The molecule has 1 unspecified atom stereocenters. The van der Waals surface area contributed by atoms with E-state index in [4.69, 9.17) is 16.4 Å². The number of alkyl carbamates (subject to hydrolysis) is 1. The molecule has 130 valence electrons. The van der Waals surface area contributed by atoms with Crippen molar-refractivity contribution in [1.82, 2.24) is 10.2 Å². The van der Waals surface area contributed by atoms with Gasteiger partial charge in [0.05, 0.1) is 12.5 Å². The van der Waals surface area contributed by atoms with E-state index in [1.54, 1.807) is 21.0 Å². The minimum Gasteiger partial charge on any atom is -0.460 e. The summed E-state index contributed by atoms with van der Waals surface area (Å²) in [6.07, 6.45) is -0.592. The Labute approximate surface area is 141 Å². The number of carbonyl (C=O) groups excluding carboxylic acids is 3. The molecule has 2 amide bonds. The topological polar surface area (TPSA) is 84.9 Å². The van der Waals surface area contributed by atoms with E-state index < -0.39 is 18.0 Å². The van der Waals surface area contributed by atoms with Gasteiger partial charge in [-0.3, -0.25) is 4.79 Å². The second-order valence-electron chi connectivity index (χ2n) is 4.89. The zero-order valence-corrected chi connectivity index (χ0v) is 14.6. The molecule has 0 aromatic rings. The number of hydrogen-bond acceptors (Lipinski definition) is 6. The summed E-state index contributed by atoms with van der Waals surface area (Å²) in [6, 6.07) is 0. The third-order valence-electron chi connectivity index (χ3n) is 2.47. The lowest BCUT2D eigenvalue weighted by atomic mass is 10.2. The third-order valence-corrected chi connectivity index (χ3v) is 3.52. The Kier molecular flexibility index (Phi) is 10.9. The van der Waals surface area contributed by atoms with Gasteiger partial charge in [0.15, 0.2) is 0 Å². The van der Waals surface area contributed by atoms with Gasteiger partial charge in [0.25, 0.3) is 0 Å². The van der Waals surface area contributed by atoms with Crippen LogP contribution < -0.4 is 5.32 Å². The van der Waals surface area contributed by atoms with E-state index in [2.05, 4.69) is 11.9 Å². The van der Waals surface area contributed by atoms with E-state index in [0.717, 1.165) is 0 Å². The molecule has 7 nitrogen and oxygen atoms in total. The lowest BCUT2D eigenvalue weighted by Crippen LogP contribution is -2.30. The number of thioether (sulfide) groups is 1. The van der Waals surface area contributed by atoms with Gasteiger partial charge in [-0.15, -0.1) is 0 Å². The normalized spacial score (nSPS) is 11.3. The Morgan fingerprint density at radius 2 is 1.91 bits per heavy atom. The second kappa shape index (κ2) is 11.8. The Morgan fingerprint density at radius 1 is 1.26 bits per heavy atom. The molecular formula is C15H24N2O5S. The Balaban J connectivity index is 3.59. The van der Waals surface area contributed by atoms with Crippen molar-refractivity contribution in [3.05, 3.63) is 19.1 Å². The Bertz CT molecular complexity index is 426. The average molecular weight is 344 g/mol. The van der Waals surface area contributed by atoms with Gasteiger partial charge in [-0.1, -0.05) is 6.58 Å². The number of ether oxygens (including phenoxy) is 2. The highest BCUT2D eigenvalue weighted by Crippen LogP contribution is 2.09. The van der Waals surface area contributed by atoms with E-state index in [1.165, 1.54) is 16.7 Å². The fourth-order valence-electron chi connectivity index (χ4n) is 1.28. The van der Waals surface area contributed by atoms with E-state index in [0.29, 0.717) is 17.1 Å². The molecule has 0 bridgehead atoms. The summed E-state index contributed by atoms with van der Waals surface area (Å²) >= 11 is 1.43. The average Bonchev–Trinajstić information content (AvgIpc) is 2.49. The first-order valence-corrected chi connectivity index (χ1v) is 8.19. The van der Waals surface area contributed by atoms with Crippen LogP contribution in [0.3, 0.4) is 0 Å². The first-order valence-electron chi connectivity index (χ1n) is 7.03. The van der Waals surface area contributed by atoms with E-state index in [9.17, 15) is 14.4 Å². The van der Waals surface area contributed by atoms with Crippen LogP contribution in [-0.4, -0.2) is 68.2 Å². The van der Waals surface area contributed by atoms with Gasteiger partial charge in [0.1, 0.15) is 13.2 Å². The first kappa shape index (κ1) is 21.3. The predicted molar refractivity (Wildman–Crippen MR) is 88.9 cm³/mol. The highest BCUT2D eigenvalue weighted by atomic mass is 32.2. The van der Waals surface area contributed by atoms with Crippen LogP contribution >= 0.6 is 11.8 Å². The second-order valence-corrected chi connectivity index (χ2v) is 6.04. The zero-order valence-electron chi connectivity index (χ0n) is 13.8. The largest absolute Gasteiger partial charge is 0.460 e. The molecule has 0 aromatic heterocycles. The van der Waals surface area contributed by atoms with Gasteiger partial charge in [-0.25, -0.2) is 9.59 Å². The minimum absolute atomic E-state index is 0.0526. The molecule has 8 heteroatoms. The lowest BCUT2D eigenvalue weighted by Gasteiger charge is -2.16. The van der Waals surface area contributed by atoms with Gasteiger partial charge in [0.2, 0.25) is 5.91 Å². The lowest BCUT2D eigenvalue weighted by molar-refractivity contribution is -0.138. The molecule has 1 atom stereocenters. The van der Waals surface area contributed by atoms with Crippen molar-refractivity contribution in [3.8, 4) is 0 Å². The van der Waals surface area contributed by atoms with Gasteiger partial charge < -0.3 is 19.7 Å².